The smallest absolute Gasteiger partial charge is 0.249 e. The van der Waals surface area contributed by atoms with E-state index >= 15 is 0 Å². The molecule has 0 spiro atoms. The van der Waals surface area contributed by atoms with E-state index in [1.807, 2.05) is 44.2 Å². The number of carbonyl (C=O) groups excluding carboxylic acids is 1. The van der Waals surface area contributed by atoms with Gasteiger partial charge >= 0.3 is 0 Å². The molecule has 1 N–H and O–H groups in total. The van der Waals surface area contributed by atoms with Gasteiger partial charge in [0, 0.05) is 18.2 Å². The Hall–Kier alpha value is -1.65. The number of nitrogens with one attached hydrogen (secondary N) is 1. The van der Waals surface area contributed by atoms with Gasteiger partial charge < -0.3 is 10.1 Å². The summed E-state index contributed by atoms with van der Waals surface area (Å²) in [5, 5.41) is 4.21. The molecule has 1 aromatic carbocycles. The Bertz CT molecular complexity index is 676. The van der Waals surface area contributed by atoms with Crippen LogP contribution in [0, 0.1) is 0 Å². The first-order valence-electron chi connectivity index (χ1n) is 7.86. The second kappa shape index (κ2) is 7.28. The van der Waals surface area contributed by atoms with E-state index < -0.39 is 5.54 Å². The van der Waals surface area contributed by atoms with E-state index in [9.17, 15) is 4.79 Å². The molecule has 1 aliphatic heterocycles. The number of benzene rings is 1. The molecule has 1 atom stereocenters. The van der Waals surface area contributed by atoms with Gasteiger partial charge in [-0.05, 0) is 50.8 Å². The van der Waals surface area contributed by atoms with Crippen LogP contribution in [0.25, 0.3) is 10.9 Å². The number of hydrogen-bond donors (Lipinski definition) is 1. The van der Waals surface area contributed by atoms with Gasteiger partial charge in [0.15, 0.2) is 0 Å². The largest absolute Gasteiger partial charge is 0.368 e. The van der Waals surface area contributed by atoms with Crippen LogP contribution in [0.5, 0.6) is 0 Å². The average molecular weight is 335 g/mol. The highest BCUT2D eigenvalue weighted by molar-refractivity contribution is 5.86. The number of ether oxygens (including phenoxy) is 1. The van der Waals surface area contributed by atoms with Gasteiger partial charge in [-0.25, -0.2) is 0 Å². The summed E-state index contributed by atoms with van der Waals surface area (Å²) >= 11 is 0. The van der Waals surface area contributed by atoms with Crippen LogP contribution in [0.3, 0.4) is 0 Å². The lowest BCUT2D eigenvalue weighted by Crippen LogP contribution is -2.47. The first-order valence-corrected chi connectivity index (χ1v) is 7.86. The first-order chi connectivity index (χ1) is 10.6. The van der Waals surface area contributed by atoms with Crippen molar-refractivity contribution in [2.45, 2.75) is 44.8 Å². The van der Waals surface area contributed by atoms with Crippen molar-refractivity contribution in [1.29, 1.82) is 0 Å². The fourth-order valence-electron chi connectivity index (χ4n) is 3.04. The predicted molar refractivity (Wildman–Crippen MR) is 93.8 cm³/mol. The van der Waals surface area contributed by atoms with Crippen LogP contribution >= 0.6 is 12.4 Å². The first kappa shape index (κ1) is 17.7. The van der Waals surface area contributed by atoms with Gasteiger partial charge in [0.05, 0.1) is 11.1 Å². The van der Waals surface area contributed by atoms with Crippen molar-refractivity contribution in [2.75, 3.05) is 6.61 Å². The third-order valence-electron chi connectivity index (χ3n) is 4.23. The van der Waals surface area contributed by atoms with Gasteiger partial charge in [-0.3, -0.25) is 9.78 Å². The normalized spacial score (nSPS) is 18.3. The molecule has 0 aliphatic carbocycles. The van der Waals surface area contributed by atoms with Gasteiger partial charge in [-0.15, -0.1) is 12.4 Å². The van der Waals surface area contributed by atoms with Gasteiger partial charge in [0.25, 0.3) is 0 Å². The van der Waals surface area contributed by atoms with Crippen molar-refractivity contribution < 1.29 is 9.53 Å². The second-order valence-corrected chi connectivity index (χ2v) is 6.35. The minimum Gasteiger partial charge on any atom is -0.368 e. The highest BCUT2D eigenvalue weighted by Gasteiger charge is 2.30. The molecule has 0 radical (unpaired) electrons. The Kier molecular flexibility index (Phi) is 5.60. The maximum Gasteiger partial charge on any atom is 0.249 e. The van der Waals surface area contributed by atoms with E-state index in [2.05, 4.69) is 10.3 Å². The summed E-state index contributed by atoms with van der Waals surface area (Å²) in [4.78, 5) is 16.9. The van der Waals surface area contributed by atoms with Crippen molar-refractivity contribution in [3.05, 3.63) is 42.1 Å². The summed E-state index contributed by atoms with van der Waals surface area (Å²) in [5.41, 5.74) is 1.54. The molecule has 1 aliphatic rings. The molecule has 1 fully saturated rings. The monoisotopic (exact) mass is 334 g/mol. The Morgan fingerprint density at radius 1 is 1.26 bits per heavy atom. The van der Waals surface area contributed by atoms with Crippen LogP contribution in [0.15, 0.2) is 36.5 Å². The molecule has 124 valence electrons. The molecule has 1 aromatic heterocycles. The highest BCUT2D eigenvalue weighted by atomic mass is 35.5. The van der Waals surface area contributed by atoms with E-state index in [1.165, 1.54) is 0 Å². The van der Waals surface area contributed by atoms with Crippen molar-refractivity contribution in [2.24, 2.45) is 0 Å². The zero-order valence-corrected chi connectivity index (χ0v) is 14.4. The summed E-state index contributed by atoms with van der Waals surface area (Å²) in [6.07, 6.45) is 4.38. The number of fused-ring (bicyclic) bond motifs is 1. The standard InChI is InChI=1S/C18H22N2O2.ClH/c1-18(2,20-17(21)16-9-5-6-12-22-16)14-10-11-19-15-8-4-3-7-13(14)15;/h3-4,7-8,10-11,16H,5-6,9,12H2,1-2H3,(H,20,21);1H/t16-;/m1./s1. The number of rotatable bonds is 3. The number of hydrogen-bond acceptors (Lipinski definition) is 3. The molecule has 1 saturated heterocycles. The maximum atomic E-state index is 12.5. The number of para-hydroxylation sites is 1. The average Bonchev–Trinajstić information content (AvgIpc) is 2.54. The molecule has 5 heteroatoms. The lowest BCUT2D eigenvalue weighted by Gasteiger charge is -2.31. The Balaban J connectivity index is 0.00000192. The summed E-state index contributed by atoms with van der Waals surface area (Å²) in [5.74, 6) is -0.0226. The van der Waals surface area contributed by atoms with Crippen LogP contribution in [-0.4, -0.2) is 23.6 Å². The van der Waals surface area contributed by atoms with Gasteiger partial charge in [0.2, 0.25) is 5.91 Å². The molecule has 2 aromatic rings. The quantitative estimate of drug-likeness (QED) is 0.933. The van der Waals surface area contributed by atoms with Gasteiger partial charge in [-0.2, -0.15) is 0 Å². The Morgan fingerprint density at radius 2 is 2.04 bits per heavy atom. The molecule has 0 saturated carbocycles. The number of amides is 1. The molecule has 4 nitrogen and oxygen atoms in total. The summed E-state index contributed by atoms with van der Waals surface area (Å²) < 4.78 is 5.58. The van der Waals surface area contributed by atoms with Crippen LogP contribution in [0.1, 0.15) is 38.7 Å². The van der Waals surface area contributed by atoms with Gasteiger partial charge in [-0.1, -0.05) is 18.2 Å². The highest BCUT2D eigenvalue weighted by Crippen LogP contribution is 2.27. The molecular weight excluding hydrogens is 312 g/mol. The minimum absolute atomic E-state index is 0. The third kappa shape index (κ3) is 3.82. The molecule has 0 bridgehead atoms. The van der Waals surface area contributed by atoms with Crippen molar-refractivity contribution in [1.82, 2.24) is 10.3 Å². The summed E-state index contributed by atoms with van der Waals surface area (Å²) in [7, 11) is 0. The second-order valence-electron chi connectivity index (χ2n) is 6.35. The maximum absolute atomic E-state index is 12.5. The molecular formula is C18H23ClN2O2. The molecule has 2 heterocycles. The van der Waals surface area contributed by atoms with E-state index in [0.29, 0.717) is 6.61 Å². The zero-order valence-electron chi connectivity index (χ0n) is 13.5. The Labute approximate surface area is 143 Å². The van der Waals surface area contributed by atoms with Gasteiger partial charge in [0.1, 0.15) is 6.10 Å². The van der Waals surface area contributed by atoms with E-state index in [-0.39, 0.29) is 24.4 Å². The van der Waals surface area contributed by atoms with Crippen LogP contribution in [-0.2, 0) is 15.1 Å². The fourth-order valence-corrected chi connectivity index (χ4v) is 3.04. The van der Waals surface area contributed by atoms with Crippen molar-refractivity contribution in [3.8, 4) is 0 Å². The predicted octanol–water partition coefficient (Wildman–Crippen LogP) is 3.58. The Morgan fingerprint density at radius 3 is 2.78 bits per heavy atom. The molecule has 1 amide bonds. The molecule has 3 rings (SSSR count). The fraction of sp³-hybridized carbons (Fsp3) is 0.444. The summed E-state index contributed by atoms with van der Waals surface area (Å²) in [6.45, 7) is 4.72. The van der Waals surface area contributed by atoms with Crippen molar-refractivity contribution in [3.63, 3.8) is 0 Å². The minimum atomic E-state index is -0.472. The van der Waals surface area contributed by atoms with Crippen LogP contribution in [0.2, 0.25) is 0 Å². The number of carbonyl (C=O) groups is 1. The lowest BCUT2D eigenvalue weighted by molar-refractivity contribution is -0.137. The van der Waals surface area contributed by atoms with Crippen LogP contribution < -0.4 is 5.32 Å². The SMILES string of the molecule is CC(C)(NC(=O)[C@H]1CCCCO1)c1ccnc2ccccc12.Cl. The van der Waals surface area contributed by atoms with E-state index in [1.54, 1.807) is 6.20 Å². The number of pyridine rings is 1. The van der Waals surface area contributed by atoms with Crippen LogP contribution in [0.4, 0.5) is 0 Å². The molecule has 23 heavy (non-hydrogen) atoms. The summed E-state index contributed by atoms with van der Waals surface area (Å²) in [6, 6.07) is 9.98. The topological polar surface area (TPSA) is 51.2 Å². The number of nitrogens with zero attached hydrogens (tertiary/aromatic N) is 1. The zero-order chi connectivity index (χ0) is 15.6. The van der Waals surface area contributed by atoms with Crippen molar-refractivity contribution >= 4 is 29.2 Å². The lowest BCUT2D eigenvalue weighted by atomic mass is 9.90. The number of aromatic nitrogens is 1. The molecule has 0 unspecified atom stereocenters. The van der Waals surface area contributed by atoms with E-state index in [4.69, 9.17) is 4.74 Å². The number of halogens is 1. The van der Waals surface area contributed by atoms with E-state index in [0.717, 1.165) is 35.7 Å². The third-order valence-corrected chi connectivity index (χ3v) is 4.23.